The van der Waals surface area contributed by atoms with Gasteiger partial charge in [0.1, 0.15) is 0 Å². The third-order valence-corrected chi connectivity index (χ3v) is 1.25. The molecule has 10 heavy (non-hydrogen) atoms. The molecule has 1 N–H and O–H groups in total. The van der Waals surface area contributed by atoms with Gasteiger partial charge >= 0.3 is 0 Å². The Bertz CT molecular complexity index is 105. The highest BCUT2D eigenvalue weighted by Gasteiger charge is 1.95. The van der Waals surface area contributed by atoms with Gasteiger partial charge < -0.3 is 5.11 Å². The number of aliphatic hydroxyl groups is 1. The highest BCUT2D eigenvalue weighted by atomic mass is 16.3. The average Bonchev–Trinajstić information content (AvgIpc) is 1.89. The van der Waals surface area contributed by atoms with Crippen LogP contribution in [0.1, 0.15) is 26.2 Å². The van der Waals surface area contributed by atoms with Crippen LogP contribution in [-0.4, -0.2) is 11.2 Å². The van der Waals surface area contributed by atoms with E-state index in [-0.39, 0.29) is 6.10 Å². The van der Waals surface area contributed by atoms with Crippen LogP contribution in [0.25, 0.3) is 0 Å². The van der Waals surface area contributed by atoms with E-state index in [2.05, 4.69) is 19.6 Å². The molecule has 0 aromatic rings. The normalized spacial score (nSPS) is 13.8. The van der Waals surface area contributed by atoms with Crippen molar-refractivity contribution in [2.24, 2.45) is 0 Å². The average molecular weight is 140 g/mol. The molecule has 58 valence electrons. The van der Waals surface area contributed by atoms with Gasteiger partial charge in [0, 0.05) is 0 Å². The zero-order valence-corrected chi connectivity index (χ0v) is 6.59. The van der Waals surface area contributed by atoms with Crippen molar-refractivity contribution in [3.8, 4) is 0 Å². The van der Waals surface area contributed by atoms with E-state index in [1.165, 1.54) is 0 Å². The van der Waals surface area contributed by atoms with Crippen LogP contribution < -0.4 is 0 Å². The fraction of sp³-hybridized carbons (Fsp3) is 0.556. The zero-order chi connectivity index (χ0) is 7.82. The van der Waals surface area contributed by atoms with Crippen molar-refractivity contribution in [3.63, 3.8) is 0 Å². The maximum Gasteiger partial charge on any atom is 0.0608 e. The van der Waals surface area contributed by atoms with E-state index in [9.17, 15) is 0 Å². The molecule has 1 heteroatoms. The fourth-order valence-corrected chi connectivity index (χ4v) is 0.709. The van der Waals surface area contributed by atoms with Crippen LogP contribution >= 0.6 is 0 Å². The summed E-state index contributed by atoms with van der Waals surface area (Å²) >= 11 is 0. The molecule has 1 nitrogen and oxygen atoms in total. The van der Waals surface area contributed by atoms with Gasteiger partial charge in [0.25, 0.3) is 0 Å². The summed E-state index contributed by atoms with van der Waals surface area (Å²) in [5.41, 5.74) is 0. The Morgan fingerprint density at radius 1 is 1.40 bits per heavy atom. The van der Waals surface area contributed by atoms with Gasteiger partial charge in [0.05, 0.1) is 6.10 Å². The van der Waals surface area contributed by atoms with E-state index in [1.807, 2.05) is 6.08 Å². The summed E-state index contributed by atoms with van der Waals surface area (Å²) in [5, 5.41) is 9.15. The lowest BCUT2D eigenvalue weighted by Gasteiger charge is -2.01. The molecule has 0 rings (SSSR count). The van der Waals surface area contributed by atoms with E-state index < -0.39 is 0 Å². The third-order valence-electron chi connectivity index (χ3n) is 1.25. The summed E-state index contributed by atoms with van der Waals surface area (Å²) in [6.07, 6.45) is 8.06. The van der Waals surface area contributed by atoms with Crippen LogP contribution in [0.5, 0.6) is 0 Å². The van der Waals surface area contributed by atoms with E-state index in [0.717, 1.165) is 12.8 Å². The molecular weight excluding hydrogens is 124 g/mol. The minimum Gasteiger partial charge on any atom is -0.392 e. The summed E-state index contributed by atoms with van der Waals surface area (Å²) in [5.74, 6) is 0. The van der Waals surface area contributed by atoms with Crippen LogP contribution in [0.2, 0.25) is 0 Å². The first-order chi connectivity index (χ1) is 4.81. The van der Waals surface area contributed by atoms with Gasteiger partial charge in [-0.3, -0.25) is 0 Å². The second-order valence-electron chi connectivity index (χ2n) is 2.29. The predicted octanol–water partition coefficient (Wildman–Crippen LogP) is 2.28. The highest BCUT2D eigenvalue weighted by molar-refractivity contribution is 4.85. The van der Waals surface area contributed by atoms with Crippen LogP contribution in [0, 0.1) is 0 Å². The Hall–Kier alpha value is -0.560. The SMILES string of the molecule is C=CCC(O)CC=CCC. The molecule has 1 unspecified atom stereocenters. The standard InChI is InChI=1S/C9H16O/c1-3-5-6-8-9(10)7-4-2/h4-6,9-10H,2-3,7-8H2,1H3. The van der Waals surface area contributed by atoms with Gasteiger partial charge in [-0.05, 0) is 19.3 Å². The quantitative estimate of drug-likeness (QED) is 0.581. The maximum absolute atomic E-state index is 9.15. The van der Waals surface area contributed by atoms with Gasteiger partial charge in [-0.25, -0.2) is 0 Å². The summed E-state index contributed by atoms with van der Waals surface area (Å²) < 4.78 is 0. The zero-order valence-electron chi connectivity index (χ0n) is 6.59. The molecule has 0 bridgehead atoms. The summed E-state index contributed by atoms with van der Waals surface area (Å²) in [7, 11) is 0. The minimum absolute atomic E-state index is 0.236. The largest absolute Gasteiger partial charge is 0.392 e. The predicted molar refractivity (Wildman–Crippen MR) is 44.9 cm³/mol. The molecule has 0 radical (unpaired) electrons. The number of allylic oxidation sites excluding steroid dienone is 1. The smallest absolute Gasteiger partial charge is 0.0608 e. The van der Waals surface area contributed by atoms with E-state index in [0.29, 0.717) is 6.42 Å². The van der Waals surface area contributed by atoms with Crippen molar-refractivity contribution in [1.29, 1.82) is 0 Å². The highest BCUT2D eigenvalue weighted by Crippen LogP contribution is 1.99. The van der Waals surface area contributed by atoms with Crippen molar-refractivity contribution in [2.45, 2.75) is 32.3 Å². The van der Waals surface area contributed by atoms with Gasteiger partial charge in [-0.2, -0.15) is 0 Å². The maximum atomic E-state index is 9.15. The Balaban J connectivity index is 3.28. The molecule has 0 heterocycles. The van der Waals surface area contributed by atoms with Gasteiger partial charge in [-0.1, -0.05) is 25.2 Å². The Labute approximate surface area is 63.1 Å². The topological polar surface area (TPSA) is 20.2 Å². The van der Waals surface area contributed by atoms with E-state index in [1.54, 1.807) is 6.08 Å². The molecule has 0 fully saturated rings. The molecule has 0 spiro atoms. The lowest BCUT2D eigenvalue weighted by molar-refractivity contribution is 0.181. The number of rotatable bonds is 5. The van der Waals surface area contributed by atoms with Crippen molar-refractivity contribution in [1.82, 2.24) is 0 Å². The van der Waals surface area contributed by atoms with Crippen molar-refractivity contribution >= 4 is 0 Å². The molecule has 0 saturated carbocycles. The first-order valence-electron chi connectivity index (χ1n) is 3.75. The molecule has 0 aromatic carbocycles. The molecule has 0 aromatic heterocycles. The summed E-state index contributed by atoms with van der Waals surface area (Å²) in [4.78, 5) is 0. The Kier molecular flexibility index (Phi) is 6.19. The second kappa shape index (κ2) is 6.56. The van der Waals surface area contributed by atoms with E-state index in [4.69, 9.17) is 5.11 Å². The summed E-state index contributed by atoms with van der Waals surface area (Å²) in [6.45, 7) is 5.62. The first kappa shape index (κ1) is 9.44. The molecule has 0 saturated heterocycles. The van der Waals surface area contributed by atoms with Crippen molar-refractivity contribution < 1.29 is 5.11 Å². The van der Waals surface area contributed by atoms with E-state index >= 15 is 0 Å². The molecule has 0 aliphatic heterocycles. The van der Waals surface area contributed by atoms with Crippen LogP contribution in [0.4, 0.5) is 0 Å². The first-order valence-corrected chi connectivity index (χ1v) is 3.75. The number of hydrogen-bond acceptors (Lipinski definition) is 1. The molecule has 1 atom stereocenters. The summed E-state index contributed by atoms with van der Waals surface area (Å²) in [6, 6.07) is 0. The lowest BCUT2D eigenvalue weighted by Crippen LogP contribution is -2.01. The molecule has 0 amide bonds. The monoisotopic (exact) mass is 140 g/mol. The lowest BCUT2D eigenvalue weighted by atomic mass is 10.2. The van der Waals surface area contributed by atoms with Crippen LogP contribution in [0.15, 0.2) is 24.8 Å². The number of hydrogen-bond donors (Lipinski definition) is 1. The van der Waals surface area contributed by atoms with Gasteiger partial charge in [0.15, 0.2) is 0 Å². The minimum atomic E-state index is -0.236. The van der Waals surface area contributed by atoms with Crippen LogP contribution in [0.3, 0.4) is 0 Å². The molecule has 0 aliphatic carbocycles. The molecule has 0 aliphatic rings. The third kappa shape index (κ3) is 5.57. The van der Waals surface area contributed by atoms with Crippen LogP contribution in [-0.2, 0) is 0 Å². The second-order valence-corrected chi connectivity index (χ2v) is 2.29. The van der Waals surface area contributed by atoms with Gasteiger partial charge in [-0.15, -0.1) is 6.58 Å². The van der Waals surface area contributed by atoms with Gasteiger partial charge in [0.2, 0.25) is 0 Å². The Morgan fingerprint density at radius 2 is 2.10 bits per heavy atom. The number of aliphatic hydroxyl groups excluding tert-OH is 1. The molecular formula is C9H16O. The van der Waals surface area contributed by atoms with Crippen molar-refractivity contribution in [3.05, 3.63) is 24.8 Å². The Morgan fingerprint density at radius 3 is 2.60 bits per heavy atom. The van der Waals surface area contributed by atoms with Crippen molar-refractivity contribution in [2.75, 3.05) is 0 Å². The fourth-order valence-electron chi connectivity index (χ4n) is 0.709.